The summed E-state index contributed by atoms with van der Waals surface area (Å²) in [5, 5.41) is 10.4. The second-order valence-corrected chi connectivity index (χ2v) is 2.80. The molecule has 0 radical (unpaired) electrons. The van der Waals surface area contributed by atoms with Gasteiger partial charge in [-0.1, -0.05) is 29.8 Å². The number of aliphatic hydroxyl groups excluding tert-OH is 1. The maximum atomic E-state index is 9.96. The summed E-state index contributed by atoms with van der Waals surface area (Å²) in [5.74, 6) is -0.794. The first-order valence-electron chi connectivity index (χ1n) is 3.97. The van der Waals surface area contributed by atoms with Crippen LogP contribution in [0.4, 0.5) is 4.79 Å². The third-order valence-electron chi connectivity index (χ3n) is 1.14. The molecule has 5 nitrogen and oxygen atoms in total. The predicted octanol–water partition coefficient (Wildman–Crippen LogP) is 0.514. The van der Waals surface area contributed by atoms with Crippen molar-refractivity contribution < 1.29 is 14.7 Å². The highest BCUT2D eigenvalue weighted by molar-refractivity contribution is 6.30. The molecule has 0 aliphatic carbocycles. The van der Waals surface area contributed by atoms with Gasteiger partial charge in [-0.2, -0.15) is 0 Å². The van der Waals surface area contributed by atoms with Crippen molar-refractivity contribution in [2.24, 2.45) is 5.73 Å². The van der Waals surface area contributed by atoms with Gasteiger partial charge in [0.1, 0.15) is 6.61 Å². The fourth-order valence-electron chi connectivity index (χ4n) is 0.592. The van der Waals surface area contributed by atoms with Crippen molar-refractivity contribution in [1.82, 2.24) is 5.32 Å². The van der Waals surface area contributed by atoms with E-state index >= 15 is 0 Å². The Kier molecular flexibility index (Phi) is 6.96. The lowest BCUT2D eigenvalue weighted by molar-refractivity contribution is -0.122. The molecule has 82 valence electrons. The van der Waals surface area contributed by atoms with Gasteiger partial charge in [0.15, 0.2) is 0 Å². The number of aliphatic hydroxyl groups is 1. The van der Waals surface area contributed by atoms with Crippen molar-refractivity contribution in [2.75, 3.05) is 6.61 Å². The molecule has 1 aromatic rings. The van der Waals surface area contributed by atoms with E-state index in [9.17, 15) is 9.59 Å². The van der Waals surface area contributed by atoms with E-state index in [1.54, 1.807) is 5.32 Å². The van der Waals surface area contributed by atoms with E-state index in [2.05, 4.69) is 5.73 Å². The SMILES string of the molecule is Clc1ccccc1.NC(=O)NC(=O)CO. The van der Waals surface area contributed by atoms with Gasteiger partial charge in [-0.25, -0.2) is 4.79 Å². The molecule has 15 heavy (non-hydrogen) atoms. The highest BCUT2D eigenvalue weighted by Gasteiger charge is 1.98. The predicted molar refractivity (Wildman–Crippen MR) is 56.3 cm³/mol. The van der Waals surface area contributed by atoms with Gasteiger partial charge in [0.2, 0.25) is 0 Å². The second-order valence-electron chi connectivity index (χ2n) is 2.37. The number of carbonyl (C=O) groups is 2. The third-order valence-corrected chi connectivity index (χ3v) is 1.39. The van der Waals surface area contributed by atoms with E-state index in [0.29, 0.717) is 0 Å². The Hall–Kier alpha value is -1.59. The van der Waals surface area contributed by atoms with Crippen molar-refractivity contribution in [2.45, 2.75) is 0 Å². The molecule has 0 saturated carbocycles. The number of amides is 3. The lowest BCUT2D eigenvalue weighted by Gasteiger charge is -1.92. The molecule has 3 amide bonds. The van der Waals surface area contributed by atoms with Crippen LogP contribution in [0.15, 0.2) is 30.3 Å². The molecular weight excluding hydrogens is 220 g/mol. The number of nitrogens with two attached hydrogens (primary N) is 1. The van der Waals surface area contributed by atoms with E-state index in [1.807, 2.05) is 30.3 Å². The van der Waals surface area contributed by atoms with Gasteiger partial charge in [0, 0.05) is 5.02 Å². The van der Waals surface area contributed by atoms with Gasteiger partial charge in [0.25, 0.3) is 5.91 Å². The Morgan fingerprint density at radius 3 is 2.07 bits per heavy atom. The maximum absolute atomic E-state index is 9.96. The van der Waals surface area contributed by atoms with Crippen LogP contribution in [-0.2, 0) is 4.79 Å². The molecule has 0 atom stereocenters. The van der Waals surface area contributed by atoms with Crippen LogP contribution in [-0.4, -0.2) is 23.7 Å². The summed E-state index contributed by atoms with van der Waals surface area (Å²) in [5.41, 5.74) is 4.49. The van der Waals surface area contributed by atoms with Crippen molar-refractivity contribution in [1.29, 1.82) is 0 Å². The number of rotatable bonds is 1. The molecule has 1 aromatic carbocycles. The highest BCUT2D eigenvalue weighted by Crippen LogP contribution is 2.03. The van der Waals surface area contributed by atoms with Crippen LogP contribution in [0.1, 0.15) is 0 Å². The first kappa shape index (κ1) is 13.4. The molecule has 1 rings (SSSR count). The molecule has 0 aliphatic rings. The standard InChI is InChI=1S/C6H5Cl.C3H6N2O3/c7-6-4-2-1-3-5-6;4-3(8)5-2(7)1-6/h1-5H;6H,1H2,(H3,4,5,7,8). The number of hydrogen-bond donors (Lipinski definition) is 3. The van der Waals surface area contributed by atoms with Crippen molar-refractivity contribution in [3.63, 3.8) is 0 Å². The van der Waals surface area contributed by atoms with E-state index in [1.165, 1.54) is 0 Å². The van der Waals surface area contributed by atoms with Crippen molar-refractivity contribution in [3.8, 4) is 0 Å². The van der Waals surface area contributed by atoms with Crippen LogP contribution >= 0.6 is 11.6 Å². The third kappa shape index (κ3) is 8.73. The number of primary amides is 1. The van der Waals surface area contributed by atoms with Crippen LogP contribution in [0.3, 0.4) is 0 Å². The van der Waals surface area contributed by atoms with Crippen LogP contribution < -0.4 is 11.1 Å². The van der Waals surface area contributed by atoms with E-state index < -0.39 is 18.5 Å². The van der Waals surface area contributed by atoms with Gasteiger partial charge < -0.3 is 10.8 Å². The minimum absolute atomic E-state index is 0.719. The summed E-state index contributed by atoms with van der Waals surface area (Å²) in [6, 6.07) is 8.49. The van der Waals surface area contributed by atoms with Gasteiger partial charge in [-0.3, -0.25) is 10.1 Å². The van der Waals surface area contributed by atoms with Gasteiger partial charge >= 0.3 is 6.03 Å². The zero-order chi connectivity index (χ0) is 11.7. The summed E-state index contributed by atoms with van der Waals surface area (Å²) in [7, 11) is 0. The van der Waals surface area contributed by atoms with Crippen LogP contribution in [0.2, 0.25) is 5.02 Å². The summed E-state index contributed by atoms with van der Waals surface area (Å²) < 4.78 is 0. The number of benzene rings is 1. The first-order valence-corrected chi connectivity index (χ1v) is 4.34. The summed E-state index contributed by atoms with van der Waals surface area (Å²) in [6.07, 6.45) is 0. The molecule has 0 bridgehead atoms. The second kappa shape index (κ2) is 7.78. The maximum Gasteiger partial charge on any atom is 0.318 e. The minimum atomic E-state index is -0.955. The van der Waals surface area contributed by atoms with E-state index in [4.69, 9.17) is 16.7 Å². The minimum Gasteiger partial charge on any atom is -0.387 e. The molecule has 4 N–H and O–H groups in total. The molecule has 0 heterocycles. The zero-order valence-electron chi connectivity index (χ0n) is 7.81. The fourth-order valence-corrected chi connectivity index (χ4v) is 0.737. The zero-order valence-corrected chi connectivity index (χ0v) is 8.57. The monoisotopic (exact) mass is 230 g/mol. The van der Waals surface area contributed by atoms with Crippen LogP contribution in [0.5, 0.6) is 0 Å². The number of imide groups is 1. The molecule has 0 aliphatic heterocycles. The first-order chi connectivity index (χ1) is 7.06. The normalized spacial score (nSPS) is 8.40. The smallest absolute Gasteiger partial charge is 0.318 e. The fraction of sp³-hybridized carbons (Fsp3) is 0.111. The lowest BCUT2D eigenvalue weighted by Crippen LogP contribution is -2.36. The molecule has 0 aromatic heterocycles. The quantitative estimate of drug-likeness (QED) is 0.657. The molecule has 0 fully saturated rings. The van der Waals surface area contributed by atoms with Crippen LogP contribution in [0, 0.1) is 0 Å². The van der Waals surface area contributed by atoms with E-state index in [0.717, 1.165) is 5.02 Å². The largest absolute Gasteiger partial charge is 0.387 e. The molecule has 0 unspecified atom stereocenters. The van der Waals surface area contributed by atoms with Crippen LogP contribution in [0.25, 0.3) is 0 Å². The number of carbonyl (C=O) groups excluding carboxylic acids is 2. The number of urea groups is 1. The Balaban J connectivity index is 0.000000262. The topological polar surface area (TPSA) is 92.4 Å². The molecular formula is C9H11ClN2O3. The van der Waals surface area contributed by atoms with E-state index in [-0.39, 0.29) is 0 Å². The van der Waals surface area contributed by atoms with Gasteiger partial charge in [-0.05, 0) is 12.1 Å². The van der Waals surface area contributed by atoms with Gasteiger partial charge in [-0.15, -0.1) is 0 Å². The average Bonchev–Trinajstić information content (AvgIpc) is 2.19. The average molecular weight is 231 g/mol. The van der Waals surface area contributed by atoms with Crippen molar-refractivity contribution in [3.05, 3.63) is 35.4 Å². The molecule has 0 saturated heterocycles. The Morgan fingerprint density at radius 2 is 1.87 bits per heavy atom. The number of nitrogens with one attached hydrogen (secondary N) is 1. The molecule has 6 heteroatoms. The van der Waals surface area contributed by atoms with Crippen molar-refractivity contribution >= 4 is 23.5 Å². The lowest BCUT2D eigenvalue weighted by atomic mass is 10.4. The summed E-state index contributed by atoms with van der Waals surface area (Å²) in [4.78, 5) is 19.7. The number of halogens is 1. The summed E-state index contributed by atoms with van der Waals surface area (Å²) in [6.45, 7) is -0.719. The Bertz CT molecular complexity index is 316. The molecule has 0 spiro atoms. The highest BCUT2D eigenvalue weighted by atomic mass is 35.5. The number of hydrogen-bond acceptors (Lipinski definition) is 3. The summed E-state index contributed by atoms with van der Waals surface area (Å²) >= 11 is 5.54. The van der Waals surface area contributed by atoms with Gasteiger partial charge in [0.05, 0.1) is 0 Å². The Labute approximate surface area is 91.8 Å². The Morgan fingerprint density at radius 1 is 1.33 bits per heavy atom.